The van der Waals surface area contributed by atoms with Gasteiger partial charge >= 0.3 is 0 Å². The summed E-state index contributed by atoms with van der Waals surface area (Å²) in [5.74, 6) is 0.212. The highest BCUT2D eigenvalue weighted by Crippen LogP contribution is 2.33. The number of carbonyl (C=O) groups is 1. The van der Waals surface area contributed by atoms with Crippen molar-refractivity contribution >= 4 is 38.9 Å². The van der Waals surface area contributed by atoms with Crippen LogP contribution in [0.15, 0.2) is 41.3 Å². The van der Waals surface area contributed by atoms with Crippen LogP contribution in [0, 0.1) is 6.92 Å². The van der Waals surface area contributed by atoms with Crippen molar-refractivity contribution in [2.45, 2.75) is 24.8 Å². The minimum absolute atomic E-state index is 0.138. The van der Waals surface area contributed by atoms with E-state index in [0.717, 1.165) is 0 Å². The van der Waals surface area contributed by atoms with E-state index in [0.29, 0.717) is 27.7 Å². The zero-order valence-corrected chi connectivity index (χ0v) is 14.5. The molecule has 0 spiro atoms. The summed E-state index contributed by atoms with van der Waals surface area (Å²) in [6, 6.07) is 9.25. The van der Waals surface area contributed by atoms with Crippen LogP contribution < -0.4 is 14.8 Å². The summed E-state index contributed by atoms with van der Waals surface area (Å²) in [5, 5.41) is 3.15. The molecule has 1 aliphatic rings. The Labute approximate surface area is 144 Å². The smallest absolute Gasteiger partial charge is 0.265 e. The number of anilines is 2. The lowest BCUT2D eigenvalue weighted by Crippen LogP contribution is -2.34. The van der Waals surface area contributed by atoms with Gasteiger partial charge in [-0.3, -0.25) is 9.52 Å². The van der Waals surface area contributed by atoms with Gasteiger partial charge < -0.3 is 10.1 Å². The number of amides is 1. The van der Waals surface area contributed by atoms with Gasteiger partial charge in [0.2, 0.25) is 0 Å². The average Bonchev–Trinajstić information content (AvgIpc) is 2.48. The van der Waals surface area contributed by atoms with Crippen LogP contribution in [0.25, 0.3) is 0 Å². The van der Waals surface area contributed by atoms with Gasteiger partial charge in [-0.05, 0) is 55.8 Å². The van der Waals surface area contributed by atoms with Gasteiger partial charge in [0.25, 0.3) is 15.9 Å². The van der Waals surface area contributed by atoms with Crippen LogP contribution in [0.2, 0.25) is 5.02 Å². The second-order valence-corrected chi connectivity index (χ2v) is 7.56. The van der Waals surface area contributed by atoms with E-state index in [-0.39, 0.29) is 10.8 Å². The molecule has 1 heterocycles. The number of nitrogens with one attached hydrogen (secondary N) is 2. The Hall–Kier alpha value is -2.25. The number of benzene rings is 2. The SMILES string of the molecule is Cc1cc(Cl)ccc1S(=O)(=O)Nc1ccc2c(c1)NC(=O)C(C)O2. The minimum Gasteiger partial charge on any atom is -0.479 e. The maximum absolute atomic E-state index is 12.5. The van der Waals surface area contributed by atoms with E-state index in [1.165, 1.54) is 18.2 Å². The van der Waals surface area contributed by atoms with Crippen LogP contribution in [0.3, 0.4) is 0 Å². The van der Waals surface area contributed by atoms with E-state index >= 15 is 0 Å². The number of halogens is 1. The molecule has 2 N–H and O–H groups in total. The summed E-state index contributed by atoms with van der Waals surface area (Å²) in [5.41, 5.74) is 1.28. The van der Waals surface area contributed by atoms with Gasteiger partial charge in [0.05, 0.1) is 16.3 Å². The number of rotatable bonds is 3. The molecule has 0 fully saturated rings. The van der Waals surface area contributed by atoms with E-state index in [1.807, 2.05) is 0 Å². The second kappa shape index (κ2) is 5.99. The highest BCUT2D eigenvalue weighted by molar-refractivity contribution is 7.92. The molecule has 0 bridgehead atoms. The molecule has 24 heavy (non-hydrogen) atoms. The molecule has 2 aromatic rings. The Bertz CT molecular complexity index is 928. The van der Waals surface area contributed by atoms with E-state index in [9.17, 15) is 13.2 Å². The van der Waals surface area contributed by atoms with Crippen LogP contribution in [0.1, 0.15) is 12.5 Å². The lowest BCUT2D eigenvalue weighted by Gasteiger charge is -2.23. The molecule has 0 aromatic heterocycles. The number of carbonyl (C=O) groups excluding carboxylic acids is 1. The van der Waals surface area contributed by atoms with Crippen LogP contribution in [0.4, 0.5) is 11.4 Å². The molecule has 1 aliphatic heterocycles. The maximum atomic E-state index is 12.5. The van der Waals surface area contributed by atoms with Crippen molar-refractivity contribution in [3.8, 4) is 5.75 Å². The fraction of sp³-hybridized carbons (Fsp3) is 0.188. The molecule has 6 nitrogen and oxygen atoms in total. The zero-order valence-electron chi connectivity index (χ0n) is 13.0. The van der Waals surface area contributed by atoms with Crippen molar-refractivity contribution in [2.75, 3.05) is 10.0 Å². The Balaban J connectivity index is 1.91. The molecular formula is C16H15ClN2O4S. The van der Waals surface area contributed by atoms with E-state index in [4.69, 9.17) is 16.3 Å². The van der Waals surface area contributed by atoms with Gasteiger partial charge in [0.1, 0.15) is 5.75 Å². The molecule has 3 rings (SSSR count). The lowest BCUT2D eigenvalue weighted by atomic mass is 10.2. The molecule has 0 saturated carbocycles. The summed E-state index contributed by atoms with van der Waals surface area (Å²) in [4.78, 5) is 11.8. The van der Waals surface area contributed by atoms with Crippen LogP contribution in [-0.4, -0.2) is 20.4 Å². The van der Waals surface area contributed by atoms with Crippen molar-refractivity contribution in [2.24, 2.45) is 0 Å². The minimum atomic E-state index is -3.77. The first-order valence-electron chi connectivity index (χ1n) is 7.17. The van der Waals surface area contributed by atoms with Crippen molar-refractivity contribution < 1.29 is 17.9 Å². The largest absolute Gasteiger partial charge is 0.479 e. The third-order valence-electron chi connectivity index (χ3n) is 3.59. The van der Waals surface area contributed by atoms with E-state index < -0.39 is 16.1 Å². The molecule has 0 saturated heterocycles. The first-order valence-corrected chi connectivity index (χ1v) is 9.03. The molecule has 126 valence electrons. The topological polar surface area (TPSA) is 84.5 Å². The predicted molar refractivity (Wildman–Crippen MR) is 92.2 cm³/mol. The van der Waals surface area contributed by atoms with E-state index in [1.54, 1.807) is 32.0 Å². The Kier molecular flexibility index (Phi) is 4.15. The fourth-order valence-electron chi connectivity index (χ4n) is 2.40. The standard InChI is InChI=1S/C16H15ClN2O4S/c1-9-7-11(17)3-6-15(9)24(21,22)19-12-4-5-14-13(8-12)18-16(20)10(2)23-14/h3-8,10,19H,1-2H3,(H,18,20). The average molecular weight is 367 g/mol. The molecule has 1 unspecified atom stereocenters. The zero-order chi connectivity index (χ0) is 17.5. The van der Waals surface area contributed by atoms with Crippen molar-refractivity contribution in [3.05, 3.63) is 47.0 Å². The third kappa shape index (κ3) is 3.18. The molecule has 0 aliphatic carbocycles. The van der Waals surface area contributed by atoms with Gasteiger partial charge in [-0.2, -0.15) is 0 Å². The third-order valence-corrected chi connectivity index (χ3v) is 5.37. The number of sulfonamides is 1. The molecule has 2 aromatic carbocycles. The Morgan fingerprint density at radius 3 is 2.67 bits per heavy atom. The number of hydrogen-bond acceptors (Lipinski definition) is 4. The maximum Gasteiger partial charge on any atom is 0.265 e. The number of hydrogen-bond donors (Lipinski definition) is 2. The molecular weight excluding hydrogens is 352 g/mol. The van der Waals surface area contributed by atoms with Gasteiger partial charge in [-0.15, -0.1) is 0 Å². The molecule has 1 amide bonds. The lowest BCUT2D eigenvalue weighted by molar-refractivity contribution is -0.122. The van der Waals surface area contributed by atoms with Crippen molar-refractivity contribution in [1.82, 2.24) is 0 Å². The Morgan fingerprint density at radius 2 is 1.96 bits per heavy atom. The second-order valence-electron chi connectivity index (χ2n) is 5.48. The first kappa shape index (κ1) is 16.6. The summed E-state index contributed by atoms with van der Waals surface area (Å²) >= 11 is 5.86. The van der Waals surface area contributed by atoms with Gasteiger partial charge in [0, 0.05) is 5.02 Å². The van der Waals surface area contributed by atoms with Crippen LogP contribution in [-0.2, 0) is 14.8 Å². The number of aryl methyl sites for hydroxylation is 1. The number of fused-ring (bicyclic) bond motifs is 1. The molecule has 8 heteroatoms. The summed E-state index contributed by atoms with van der Waals surface area (Å²) in [7, 11) is -3.77. The van der Waals surface area contributed by atoms with E-state index in [2.05, 4.69) is 10.0 Å². The predicted octanol–water partition coefficient (Wildman–Crippen LogP) is 3.17. The van der Waals surface area contributed by atoms with Gasteiger partial charge in [-0.1, -0.05) is 11.6 Å². The summed E-state index contributed by atoms with van der Waals surface area (Å²) in [6.45, 7) is 3.31. The van der Waals surface area contributed by atoms with Crippen LogP contribution in [0.5, 0.6) is 5.75 Å². The first-order chi connectivity index (χ1) is 11.3. The van der Waals surface area contributed by atoms with Crippen LogP contribution >= 0.6 is 11.6 Å². The molecule has 0 radical (unpaired) electrons. The number of ether oxygens (including phenoxy) is 1. The summed E-state index contributed by atoms with van der Waals surface area (Å²) in [6.07, 6.45) is -0.586. The highest BCUT2D eigenvalue weighted by Gasteiger charge is 2.24. The van der Waals surface area contributed by atoms with Crippen molar-refractivity contribution in [1.29, 1.82) is 0 Å². The quantitative estimate of drug-likeness (QED) is 0.873. The van der Waals surface area contributed by atoms with Crippen molar-refractivity contribution in [3.63, 3.8) is 0 Å². The normalized spacial score (nSPS) is 16.8. The Morgan fingerprint density at radius 1 is 1.21 bits per heavy atom. The van der Waals surface area contributed by atoms with Gasteiger partial charge in [0.15, 0.2) is 6.10 Å². The highest BCUT2D eigenvalue weighted by atomic mass is 35.5. The molecule has 1 atom stereocenters. The monoisotopic (exact) mass is 366 g/mol. The van der Waals surface area contributed by atoms with Gasteiger partial charge in [-0.25, -0.2) is 8.42 Å². The summed E-state index contributed by atoms with van der Waals surface area (Å²) < 4.78 is 33.0. The fourth-order valence-corrected chi connectivity index (χ4v) is 3.90.